The number of ether oxygens (including phenoxy) is 2. The fourth-order valence-corrected chi connectivity index (χ4v) is 4.79. The monoisotopic (exact) mass is 598 g/mol. The molecule has 0 spiro atoms. The summed E-state index contributed by atoms with van der Waals surface area (Å²) < 4.78 is 12.1. The first kappa shape index (κ1) is 26.7. The van der Waals surface area contributed by atoms with Gasteiger partial charge in [0.15, 0.2) is 16.6 Å². The number of nitrogens with one attached hydrogen (secondary N) is 2. The third kappa shape index (κ3) is 7.09. The number of amides is 1. The Balaban J connectivity index is 1.38. The SMILES string of the molecule is CCOc1cc(/C=N\NC(=O)c2ccc(-c3csc(Nc4ccc(Cl)cc4)n3)cc2)cc(Br)c1OCC. The smallest absolute Gasteiger partial charge is 0.271 e. The summed E-state index contributed by atoms with van der Waals surface area (Å²) in [5.74, 6) is 0.926. The maximum atomic E-state index is 12.6. The lowest BCUT2D eigenvalue weighted by Gasteiger charge is -2.13. The van der Waals surface area contributed by atoms with E-state index in [-0.39, 0.29) is 5.91 Å². The molecule has 1 aromatic heterocycles. The van der Waals surface area contributed by atoms with Crippen molar-refractivity contribution in [3.63, 3.8) is 0 Å². The molecule has 0 aliphatic heterocycles. The molecule has 0 saturated heterocycles. The van der Waals surface area contributed by atoms with Crippen LogP contribution in [0.1, 0.15) is 29.8 Å². The van der Waals surface area contributed by atoms with Gasteiger partial charge in [0, 0.05) is 27.2 Å². The molecule has 0 aliphatic carbocycles. The van der Waals surface area contributed by atoms with Crippen LogP contribution in [0.4, 0.5) is 10.8 Å². The van der Waals surface area contributed by atoms with Crippen LogP contribution >= 0.6 is 38.9 Å². The van der Waals surface area contributed by atoms with Crippen molar-refractivity contribution >= 4 is 61.8 Å². The second-order valence-electron chi connectivity index (χ2n) is 7.64. The molecule has 3 aromatic carbocycles. The first-order valence-corrected chi connectivity index (χ1v) is 13.5. The van der Waals surface area contributed by atoms with Gasteiger partial charge in [0.25, 0.3) is 5.91 Å². The molecule has 37 heavy (non-hydrogen) atoms. The van der Waals surface area contributed by atoms with Gasteiger partial charge in [0.05, 0.1) is 29.6 Å². The van der Waals surface area contributed by atoms with Gasteiger partial charge in [-0.15, -0.1) is 11.3 Å². The summed E-state index contributed by atoms with van der Waals surface area (Å²) in [4.78, 5) is 17.2. The summed E-state index contributed by atoms with van der Waals surface area (Å²) in [5, 5.41) is 10.8. The van der Waals surface area contributed by atoms with E-state index in [2.05, 4.69) is 36.8 Å². The molecule has 1 heterocycles. The molecule has 4 rings (SSSR count). The van der Waals surface area contributed by atoms with Gasteiger partial charge in [-0.25, -0.2) is 10.4 Å². The van der Waals surface area contributed by atoms with Crippen molar-refractivity contribution in [3.05, 3.63) is 86.7 Å². The van der Waals surface area contributed by atoms with Crippen LogP contribution in [0.25, 0.3) is 11.3 Å². The molecule has 10 heteroatoms. The van der Waals surface area contributed by atoms with E-state index in [0.717, 1.165) is 32.1 Å². The van der Waals surface area contributed by atoms with Crippen molar-refractivity contribution in [1.82, 2.24) is 10.4 Å². The number of anilines is 2. The summed E-state index contributed by atoms with van der Waals surface area (Å²) in [5.41, 5.74) is 6.43. The lowest BCUT2D eigenvalue weighted by molar-refractivity contribution is 0.0955. The van der Waals surface area contributed by atoms with Gasteiger partial charge in [-0.2, -0.15) is 5.10 Å². The van der Waals surface area contributed by atoms with E-state index in [0.29, 0.717) is 35.3 Å². The molecule has 0 fully saturated rings. The number of benzene rings is 3. The molecule has 0 aliphatic rings. The van der Waals surface area contributed by atoms with Crippen molar-refractivity contribution in [2.45, 2.75) is 13.8 Å². The maximum absolute atomic E-state index is 12.6. The van der Waals surface area contributed by atoms with Crippen LogP contribution in [0, 0.1) is 0 Å². The van der Waals surface area contributed by atoms with Gasteiger partial charge in [0.2, 0.25) is 0 Å². The number of carbonyl (C=O) groups excluding carboxylic acids is 1. The van der Waals surface area contributed by atoms with Crippen LogP contribution in [-0.2, 0) is 0 Å². The Morgan fingerprint density at radius 3 is 2.51 bits per heavy atom. The Labute approximate surface area is 232 Å². The van der Waals surface area contributed by atoms with Crippen molar-refractivity contribution < 1.29 is 14.3 Å². The van der Waals surface area contributed by atoms with E-state index in [9.17, 15) is 4.79 Å². The maximum Gasteiger partial charge on any atom is 0.271 e. The number of halogens is 2. The highest BCUT2D eigenvalue weighted by molar-refractivity contribution is 9.10. The fraction of sp³-hybridized carbons (Fsp3) is 0.148. The molecule has 0 radical (unpaired) electrons. The number of thiazole rings is 1. The Kier molecular flexibility index (Phi) is 9.16. The van der Waals surface area contributed by atoms with E-state index < -0.39 is 0 Å². The average molecular weight is 600 g/mol. The van der Waals surface area contributed by atoms with Gasteiger partial charge >= 0.3 is 0 Å². The quantitative estimate of drug-likeness (QED) is 0.145. The predicted molar refractivity (Wildman–Crippen MR) is 154 cm³/mol. The first-order valence-electron chi connectivity index (χ1n) is 11.5. The summed E-state index contributed by atoms with van der Waals surface area (Å²) in [6.07, 6.45) is 1.56. The van der Waals surface area contributed by atoms with E-state index >= 15 is 0 Å². The van der Waals surface area contributed by atoms with Crippen LogP contribution in [0.15, 0.2) is 75.6 Å². The molecule has 0 unspecified atom stereocenters. The van der Waals surface area contributed by atoms with E-state index in [1.165, 1.54) is 11.3 Å². The molecule has 0 bridgehead atoms. The Morgan fingerprint density at radius 1 is 1.08 bits per heavy atom. The van der Waals surface area contributed by atoms with Crippen LogP contribution in [0.3, 0.4) is 0 Å². The second-order valence-corrected chi connectivity index (χ2v) is 9.79. The molecule has 0 atom stereocenters. The minimum Gasteiger partial charge on any atom is -0.490 e. The Morgan fingerprint density at radius 2 is 1.81 bits per heavy atom. The predicted octanol–water partition coefficient (Wildman–Crippen LogP) is 7.53. The molecular weight excluding hydrogens is 576 g/mol. The topological polar surface area (TPSA) is 84.8 Å². The lowest BCUT2D eigenvalue weighted by atomic mass is 10.1. The molecular formula is C27H24BrClN4O3S. The molecule has 7 nitrogen and oxygen atoms in total. The zero-order valence-electron chi connectivity index (χ0n) is 20.1. The highest BCUT2D eigenvalue weighted by Gasteiger charge is 2.12. The number of carbonyl (C=O) groups is 1. The second kappa shape index (κ2) is 12.7. The number of hydrogen-bond acceptors (Lipinski definition) is 7. The Hall–Kier alpha value is -3.40. The summed E-state index contributed by atoms with van der Waals surface area (Å²) in [7, 11) is 0. The lowest BCUT2D eigenvalue weighted by Crippen LogP contribution is -2.17. The number of nitrogens with zero attached hydrogens (tertiary/aromatic N) is 2. The van der Waals surface area contributed by atoms with Crippen molar-refractivity contribution in [2.75, 3.05) is 18.5 Å². The molecule has 1 amide bonds. The van der Waals surface area contributed by atoms with E-state index in [1.54, 1.807) is 18.3 Å². The molecule has 0 saturated carbocycles. The van der Waals surface area contributed by atoms with Gasteiger partial charge in [-0.3, -0.25) is 4.79 Å². The third-order valence-corrected chi connectivity index (χ3v) is 6.64. The van der Waals surface area contributed by atoms with Crippen molar-refractivity contribution in [3.8, 4) is 22.8 Å². The number of aromatic nitrogens is 1. The minimum atomic E-state index is -0.318. The fourth-order valence-electron chi connectivity index (χ4n) is 3.35. The van der Waals surface area contributed by atoms with Crippen LogP contribution in [-0.4, -0.2) is 30.3 Å². The standard InChI is InChI=1S/C27H24BrClN4O3S/c1-3-35-24-14-17(13-22(28)25(24)36-4-2)15-30-33-26(34)19-7-5-18(6-8-19)23-16-37-27(32-23)31-21-11-9-20(29)10-12-21/h5-16H,3-4H2,1-2H3,(H,31,32)(H,33,34)/b30-15-. The highest BCUT2D eigenvalue weighted by Crippen LogP contribution is 2.36. The number of rotatable bonds is 10. The molecule has 190 valence electrons. The van der Waals surface area contributed by atoms with Gasteiger partial charge in [-0.1, -0.05) is 23.7 Å². The number of hydrogen-bond donors (Lipinski definition) is 2. The van der Waals surface area contributed by atoms with E-state index in [1.807, 2.05) is 67.8 Å². The average Bonchev–Trinajstić information content (AvgIpc) is 3.36. The number of hydrazone groups is 1. The molecule has 2 N–H and O–H groups in total. The van der Waals surface area contributed by atoms with Crippen molar-refractivity contribution in [1.29, 1.82) is 0 Å². The Bertz CT molecular complexity index is 1390. The minimum absolute atomic E-state index is 0.318. The van der Waals surface area contributed by atoms with Gasteiger partial charge < -0.3 is 14.8 Å². The van der Waals surface area contributed by atoms with Crippen LogP contribution < -0.4 is 20.2 Å². The van der Waals surface area contributed by atoms with Crippen LogP contribution in [0.5, 0.6) is 11.5 Å². The first-order chi connectivity index (χ1) is 18.0. The highest BCUT2D eigenvalue weighted by atomic mass is 79.9. The van der Waals surface area contributed by atoms with Gasteiger partial charge in [0.1, 0.15) is 0 Å². The summed E-state index contributed by atoms with van der Waals surface area (Å²) >= 11 is 10.9. The summed E-state index contributed by atoms with van der Waals surface area (Å²) in [6, 6.07) is 18.3. The third-order valence-electron chi connectivity index (χ3n) is 5.04. The zero-order valence-corrected chi connectivity index (χ0v) is 23.3. The molecule has 4 aromatic rings. The zero-order chi connectivity index (χ0) is 26.2. The van der Waals surface area contributed by atoms with Crippen molar-refractivity contribution in [2.24, 2.45) is 5.10 Å². The normalized spacial score (nSPS) is 10.9. The van der Waals surface area contributed by atoms with E-state index in [4.69, 9.17) is 21.1 Å². The summed E-state index contributed by atoms with van der Waals surface area (Å²) in [6.45, 7) is 4.83. The van der Waals surface area contributed by atoms with Crippen LogP contribution in [0.2, 0.25) is 5.02 Å². The van der Waals surface area contributed by atoms with Gasteiger partial charge in [-0.05, 0) is 83.9 Å². The largest absolute Gasteiger partial charge is 0.490 e.